The fraction of sp³-hybridized carbons (Fsp3) is 0.280. The lowest BCUT2D eigenvalue weighted by Gasteiger charge is -2.34. The van der Waals surface area contributed by atoms with E-state index in [9.17, 15) is 40.6 Å². The maximum absolute atomic E-state index is 13.3. The van der Waals surface area contributed by atoms with Crippen molar-refractivity contribution in [3.63, 3.8) is 0 Å². The molecule has 5 unspecified atom stereocenters. The predicted molar refractivity (Wildman–Crippen MR) is 249 cm³/mol. The lowest BCUT2D eigenvalue weighted by Crippen LogP contribution is -2.47. The fourth-order valence-electron chi connectivity index (χ4n) is 8.56. The normalized spacial score (nSPS) is 20.4. The van der Waals surface area contributed by atoms with E-state index < -0.39 is 61.5 Å². The van der Waals surface area contributed by atoms with Crippen LogP contribution in [0.5, 0.6) is 0 Å². The van der Waals surface area contributed by atoms with Crippen LogP contribution in [0.15, 0.2) is 142 Å². The molecule has 2 heterocycles. The largest absolute Gasteiger partial charge is 0.377 e. The van der Waals surface area contributed by atoms with Crippen LogP contribution in [0.25, 0.3) is 0 Å². The first-order chi connectivity index (χ1) is 30.6. The highest BCUT2D eigenvalue weighted by Gasteiger charge is 2.41. The Hall–Kier alpha value is -6.32. The second-order valence-electron chi connectivity index (χ2n) is 17.9. The maximum atomic E-state index is 13.3. The van der Waals surface area contributed by atoms with Crippen LogP contribution in [0.2, 0.25) is 0 Å². The van der Waals surface area contributed by atoms with Gasteiger partial charge in [-0.25, -0.2) is 17.2 Å². The number of fused-ring (bicyclic) bond motifs is 4. The molecule has 0 saturated carbocycles. The van der Waals surface area contributed by atoms with Crippen LogP contribution in [-0.4, -0.2) is 71.7 Å². The molecule has 4 aliphatic rings. The van der Waals surface area contributed by atoms with Gasteiger partial charge in [0, 0.05) is 51.0 Å². The van der Waals surface area contributed by atoms with E-state index in [1.54, 1.807) is 66.7 Å². The van der Waals surface area contributed by atoms with E-state index in [1.807, 2.05) is 45.9 Å². The topological polar surface area (TPSA) is 168 Å². The van der Waals surface area contributed by atoms with Crippen LogP contribution >= 0.6 is 0 Å². The Morgan fingerprint density at radius 2 is 1.03 bits per heavy atom. The number of carbonyl (C=O) groups excluding carboxylic acids is 4. The monoisotopic (exact) mass is 920 g/mol. The number of Topliss-reactive ketones (excluding diaryl/α,β-unsaturated/α-hetero) is 2. The van der Waals surface area contributed by atoms with Crippen molar-refractivity contribution in [2.24, 2.45) is 11.8 Å². The lowest BCUT2D eigenvalue weighted by molar-refractivity contribution is -0.119. The van der Waals surface area contributed by atoms with Crippen molar-refractivity contribution in [1.29, 1.82) is 0 Å². The molecule has 8 rings (SSSR count). The lowest BCUT2D eigenvalue weighted by atomic mass is 9.81. The molecule has 65 heavy (non-hydrogen) atoms. The van der Waals surface area contributed by atoms with Gasteiger partial charge in [0.2, 0.25) is 0 Å². The van der Waals surface area contributed by atoms with Crippen molar-refractivity contribution < 1.29 is 40.6 Å². The number of amides is 2. The molecule has 0 radical (unpaired) electrons. The Bertz CT molecular complexity index is 2850. The summed E-state index contributed by atoms with van der Waals surface area (Å²) in [6, 6.07) is 25.5. The molecule has 0 fully saturated rings. The highest BCUT2D eigenvalue weighted by atomic mass is 32.2. The molecule has 0 spiro atoms. The Labute approximate surface area is 379 Å². The Balaban J connectivity index is 0.000000194. The van der Waals surface area contributed by atoms with Gasteiger partial charge in [0.1, 0.15) is 11.6 Å². The molecule has 11 nitrogen and oxygen atoms in total. The molecule has 4 aromatic carbocycles. The third-order valence-electron chi connectivity index (χ3n) is 11.5. The van der Waals surface area contributed by atoms with Crippen LogP contribution in [-0.2, 0) is 43.1 Å². The van der Waals surface area contributed by atoms with E-state index in [0.29, 0.717) is 40.1 Å². The number of carbonyl (C=O) groups is 4. The summed E-state index contributed by atoms with van der Waals surface area (Å²) in [6.07, 6.45) is 9.72. The summed E-state index contributed by atoms with van der Waals surface area (Å²) in [5.74, 6) is -3.06. The number of rotatable bonds is 10. The summed E-state index contributed by atoms with van der Waals surface area (Å²) in [7, 11) is -5.23. The maximum Gasteiger partial charge on any atom is 0.252 e. The minimum absolute atomic E-state index is 0.00520. The van der Waals surface area contributed by atoms with E-state index >= 15 is 0 Å². The smallest absolute Gasteiger partial charge is 0.252 e. The molecule has 338 valence electrons. The van der Waals surface area contributed by atoms with Crippen LogP contribution in [0.3, 0.4) is 0 Å². The standard InChI is InChI=1S/C25H25FN2O4S.C25H25FN2O3S/c1-25(2,14-15-8-10-16(26)11-9-15)28-24(30)19-12-21-18(13-22(19)33(3,31)32)23(29)17-6-4-5-7-20(17)27-21;1-25(2,14-15-8-10-16(26)11-9-15)28-24(30)19-12-21-18(13-22(19)32(3)31)23(29)17-6-4-5-7-20(17)27-21/h4-13,18,21,27H,14H2,1-3H3,(H,28,30);4-13,18,21,27H,14H2,1-3H3,(H,28,30). The zero-order valence-corrected chi connectivity index (χ0v) is 38.3. The average Bonchev–Trinajstić information content (AvgIpc) is 3.24. The van der Waals surface area contributed by atoms with Gasteiger partial charge < -0.3 is 21.3 Å². The number of ketones is 2. The molecular weight excluding hydrogens is 871 g/mol. The average molecular weight is 921 g/mol. The van der Waals surface area contributed by atoms with Crippen molar-refractivity contribution in [2.45, 2.75) is 63.7 Å². The highest BCUT2D eigenvalue weighted by molar-refractivity contribution is 7.94. The summed E-state index contributed by atoms with van der Waals surface area (Å²) in [4.78, 5) is 52.7. The summed E-state index contributed by atoms with van der Waals surface area (Å²) >= 11 is 0. The fourth-order valence-corrected chi connectivity index (χ4v) is 10.3. The Kier molecular flexibility index (Phi) is 13.1. The number of anilines is 2. The summed E-state index contributed by atoms with van der Waals surface area (Å²) < 4.78 is 64.0. The van der Waals surface area contributed by atoms with Gasteiger partial charge in [0.15, 0.2) is 21.4 Å². The van der Waals surface area contributed by atoms with Gasteiger partial charge in [0.25, 0.3) is 11.8 Å². The van der Waals surface area contributed by atoms with Crippen LogP contribution in [0.4, 0.5) is 20.2 Å². The third kappa shape index (κ3) is 10.6. The van der Waals surface area contributed by atoms with Gasteiger partial charge in [-0.05, 0) is 112 Å². The van der Waals surface area contributed by atoms with Crippen molar-refractivity contribution in [1.82, 2.24) is 10.6 Å². The first kappa shape index (κ1) is 46.7. The number of benzene rings is 4. The van der Waals surface area contributed by atoms with E-state index in [0.717, 1.165) is 23.1 Å². The number of para-hydroxylation sites is 2. The minimum atomic E-state index is -3.78. The highest BCUT2D eigenvalue weighted by Crippen LogP contribution is 2.38. The van der Waals surface area contributed by atoms with Crippen molar-refractivity contribution in [2.75, 3.05) is 23.1 Å². The van der Waals surface area contributed by atoms with Crippen LogP contribution in [0.1, 0.15) is 59.5 Å². The zero-order chi connectivity index (χ0) is 47.0. The minimum Gasteiger partial charge on any atom is -0.377 e. The number of nitrogens with one attached hydrogen (secondary N) is 4. The van der Waals surface area contributed by atoms with Gasteiger partial charge in [-0.3, -0.25) is 23.4 Å². The zero-order valence-electron chi connectivity index (χ0n) is 36.7. The first-order valence-corrected chi connectivity index (χ1v) is 24.4. The SMILES string of the molecule is CC(C)(Cc1ccc(F)cc1)NC(=O)C1=CC2Nc3ccccc3C(=O)C2C=C1S(C)(=O)=O.CS(=O)C1=CC2C(=O)c3ccccc3NC2C=C1C(=O)NC(C)(C)Cc1ccc(F)cc1. The molecule has 5 atom stereocenters. The number of hydrogen-bond acceptors (Lipinski definition) is 9. The van der Waals surface area contributed by atoms with Crippen molar-refractivity contribution >= 4 is 55.4 Å². The van der Waals surface area contributed by atoms with Gasteiger partial charge in [-0.15, -0.1) is 0 Å². The Morgan fingerprint density at radius 3 is 1.46 bits per heavy atom. The predicted octanol–water partition coefficient (Wildman–Crippen LogP) is 7.18. The van der Waals surface area contributed by atoms with Crippen LogP contribution in [0, 0.1) is 23.5 Å². The second-order valence-corrected chi connectivity index (χ2v) is 21.3. The number of sulfone groups is 1. The van der Waals surface area contributed by atoms with E-state index in [1.165, 1.54) is 42.7 Å². The van der Waals surface area contributed by atoms with Gasteiger partial charge >= 0.3 is 0 Å². The first-order valence-electron chi connectivity index (χ1n) is 20.9. The van der Waals surface area contributed by atoms with E-state index in [4.69, 9.17) is 0 Å². The van der Waals surface area contributed by atoms with Crippen molar-refractivity contribution in [3.8, 4) is 0 Å². The number of hydrogen-bond donors (Lipinski definition) is 4. The molecule has 15 heteroatoms. The van der Waals surface area contributed by atoms with E-state index in [2.05, 4.69) is 21.3 Å². The molecule has 4 N–H and O–H groups in total. The molecule has 0 bridgehead atoms. The van der Waals surface area contributed by atoms with Crippen molar-refractivity contribution in [3.05, 3.63) is 176 Å². The summed E-state index contributed by atoms with van der Waals surface area (Å²) in [5.41, 5.74) is 3.11. The summed E-state index contributed by atoms with van der Waals surface area (Å²) in [5, 5.41) is 12.5. The molecule has 2 amide bonds. The van der Waals surface area contributed by atoms with E-state index in [-0.39, 0.29) is 39.6 Å². The quantitative estimate of drug-likeness (QED) is 0.129. The molecule has 2 aliphatic heterocycles. The van der Waals surface area contributed by atoms with Gasteiger partial charge in [-0.1, -0.05) is 60.7 Å². The molecular formula is C50H50F2N4O7S2. The molecule has 2 aliphatic carbocycles. The summed E-state index contributed by atoms with van der Waals surface area (Å²) in [6.45, 7) is 7.38. The molecule has 4 aromatic rings. The Morgan fingerprint density at radius 1 is 0.631 bits per heavy atom. The van der Waals surface area contributed by atoms with Gasteiger partial charge in [-0.2, -0.15) is 0 Å². The van der Waals surface area contributed by atoms with Crippen LogP contribution < -0.4 is 21.3 Å². The molecule has 0 aromatic heterocycles. The number of halogens is 2. The second kappa shape index (κ2) is 18.3. The van der Waals surface area contributed by atoms with Gasteiger partial charge in [0.05, 0.1) is 50.8 Å². The third-order valence-corrected chi connectivity index (χ3v) is 13.6. The molecule has 0 saturated heterocycles.